The molecule has 0 spiro atoms. The van der Waals surface area contributed by atoms with E-state index in [1.165, 1.54) is 6.08 Å². The van der Waals surface area contributed by atoms with E-state index in [0.717, 1.165) is 24.8 Å². The number of unbranched alkanes of at least 4 members (excludes halogenated alkanes) is 1. The molecule has 0 bridgehead atoms. The first kappa shape index (κ1) is 15.3. The highest BCUT2D eigenvalue weighted by Gasteiger charge is 2.27. The van der Waals surface area contributed by atoms with Crippen molar-refractivity contribution >= 4 is 11.9 Å². The van der Waals surface area contributed by atoms with Crippen molar-refractivity contribution in [3.63, 3.8) is 0 Å². The van der Waals surface area contributed by atoms with Gasteiger partial charge in [0.25, 0.3) is 0 Å². The number of rotatable bonds is 5. The van der Waals surface area contributed by atoms with Crippen LogP contribution in [0.15, 0.2) is 42.6 Å². The highest BCUT2D eigenvalue weighted by molar-refractivity contribution is 5.92. The van der Waals surface area contributed by atoms with Crippen molar-refractivity contribution in [1.29, 1.82) is 0 Å². The second-order valence-electron chi connectivity index (χ2n) is 5.23. The summed E-state index contributed by atoms with van der Waals surface area (Å²) in [5.41, 5.74) is 0.952. The summed E-state index contributed by atoms with van der Waals surface area (Å²) in [4.78, 5) is 25.3. The maximum atomic E-state index is 12.2. The zero-order chi connectivity index (χ0) is 15.1. The van der Waals surface area contributed by atoms with Crippen molar-refractivity contribution in [3.8, 4) is 0 Å². The van der Waals surface area contributed by atoms with Gasteiger partial charge in [0.2, 0.25) is 0 Å². The number of nitrogens with zero attached hydrogens (tertiary/aromatic N) is 1. The van der Waals surface area contributed by atoms with Crippen LogP contribution in [0.4, 0.5) is 4.79 Å². The lowest BCUT2D eigenvalue weighted by molar-refractivity contribution is -0.116. The lowest BCUT2D eigenvalue weighted by Crippen LogP contribution is -2.40. The van der Waals surface area contributed by atoms with Gasteiger partial charge in [-0.3, -0.25) is 9.69 Å². The van der Waals surface area contributed by atoms with Gasteiger partial charge in [-0.05, 0) is 18.1 Å². The smallest absolute Gasteiger partial charge is 0.414 e. The Morgan fingerprint density at radius 2 is 2.10 bits per heavy atom. The number of hydrogen-bond acceptors (Lipinski definition) is 3. The van der Waals surface area contributed by atoms with E-state index in [0.29, 0.717) is 6.42 Å². The molecule has 0 aromatic heterocycles. The molecule has 0 radical (unpaired) electrons. The number of carbonyl (C=O) groups excluding carboxylic acids is 2. The Hall–Kier alpha value is -2.10. The molecular formula is C17H21NO3. The zero-order valence-electron chi connectivity index (χ0n) is 12.3. The van der Waals surface area contributed by atoms with E-state index in [9.17, 15) is 9.59 Å². The van der Waals surface area contributed by atoms with E-state index >= 15 is 0 Å². The molecule has 4 nitrogen and oxygen atoms in total. The maximum Gasteiger partial charge on any atom is 0.414 e. The number of allylic oxidation sites excluding steroid dienone is 1. The van der Waals surface area contributed by atoms with Crippen LogP contribution in [0.5, 0.6) is 0 Å². The molecule has 0 aliphatic carbocycles. The third-order valence-corrected chi connectivity index (χ3v) is 3.56. The Kier molecular flexibility index (Phi) is 5.55. The Balaban J connectivity index is 1.95. The van der Waals surface area contributed by atoms with E-state index in [-0.39, 0.29) is 24.5 Å². The number of benzene rings is 1. The molecule has 21 heavy (non-hydrogen) atoms. The molecule has 0 saturated heterocycles. The number of hydrogen-bond donors (Lipinski definition) is 0. The van der Waals surface area contributed by atoms with Crippen LogP contribution >= 0.6 is 0 Å². The van der Waals surface area contributed by atoms with E-state index in [2.05, 4.69) is 6.92 Å². The molecule has 0 saturated carbocycles. The summed E-state index contributed by atoms with van der Waals surface area (Å²) in [6.07, 6.45) is 5.87. The van der Waals surface area contributed by atoms with Gasteiger partial charge < -0.3 is 4.74 Å². The second-order valence-corrected chi connectivity index (χ2v) is 5.23. The Bertz CT molecular complexity index is 510. The summed E-state index contributed by atoms with van der Waals surface area (Å²) >= 11 is 0. The second kappa shape index (κ2) is 7.62. The Labute approximate surface area is 125 Å². The molecular weight excluding hydrogens is 266 g/mol. The molecule has 1 aromatic rings. The van der Waals surface area contributed by atoms with Gasteiger partial charge in [-0.2, -0.15) is 0 Å². The fourth-order valence-corrected chi connectivity index (χ4v) is 2.37. The van der Waals surface area contributed by atoms with Crippen LogP contribution in [0, 0.1) is 0 Å². The number of ether oxygens (including phenoxy) is 1. The molecule has 1 heterocycles. The molecule has 112 valence electrons. The van der Waals surface area contributed by atoms with Crippen molar-refractivity contribution in [2.75, 3.05) is 0 Å². The van der Waals surface area contributed by atoms with Crippen molar-refractivity contribution in [2.24, 2.45) is 0 Å². The molecule has 0 unspecified atom stereocenters. The number of ketones is 1. The summed E-state index contributed by atoms with van der Waals surface area (Å²) in [5, 5.41) is 0. The maximum absolute atomic E-state index is 12.2. The van der Waals surface area contributed by atoms with Crippen molar-refractivity contribution in [2.45, 2.75) is 45.3 Å². The van der Waals surface area contributed by atoms with Crippen LogP contribution in [0.2, 0.25) is 0 Å². The number of carbonyl (C=O) groups is 2. The fraction of sp³-hybridized carbons (Fsp3) is 0.412. The van der Waals surface area contributed by atoms with Gasteiger partial charge >= 0.3 is 6.09 Å². The van der Waals surface area contributed by atoms with Crippen LogP contribution < -0.4 is 0 Å². The molecule has 1 aliphatic rings. The number of amides is 1. The molecule has 1 aliphatic heterocycles. The summed E-state index contributed by atoms with van der Waals surface area (Å²) in [6, 6.07) is 9.49. The monoisotopic (exact) mass is 287 g/mol. The van der Waals surface area contributed by atoms with E-state index in [1.54, 1.807) is 11.1 Å². The lowest BCUT2D eigenvalue weighted by atomic mass is 10.0. The third-order valence-electron chi connectivity index (χ3n) is 3.56. The van der Waals surface area contributed by atoms with Gasteiger partial charge in [-0.1, -0.05) is 50.1 Å². The summed E-state index contributed by atoms with van der Waals surface area (Å²) < 4.78 is 5.34. The van der Waals surface area contributed by atoms with Crippen molar-refractivity contribution in [3.05, 3.63) is 48.2 Å². The molecule has 0 fully saturated rings. The predicted octanol–water partition coefficient (Wildman–Crippen LogP) is 3.67. The zero-order valence-corrected chi connectivity index (χ0v) is 12.3. The first-order valence-electron chi connectivity index (χ1n) is 7.40. The quantitative estimate of drug-likeness (QED) is 0.830. The topological polar surface area (TPSA) is 46.6 Å². The van der Waals surface area contributed by atoms with Gasteiger partial charge in [0.1, 0.15) is 6.61 Å². The molecule has 1 aromatic carbocycles. The van der Waals surface area contributed by atoms with Crippen LogP contribution in [-0.2, 0) is 16.1 Å². The van der Waals surface area contributed by atoms with Crippen molar-refractivity contribution < 1.29 is 14.3 Å². The van der Waals surface area contributed by atoms with Gasteiger partial charge in [0.05, 0.1) is 0 Å². The minimum atomic E-state index is -0.385. The fourth-order valence-electron chi connectivity index (χ4n) is 2.37. The molecule has 4 heteroatoms. The van der Waals surface area contributed by atoms with Gasteiger partial charge in [0.15, 0.2) is 5.78 Å². The van der Waals surface area contributed by atoms with Crippen LogP contribution in [-0.4, -0.2) is 22.8 Å². The third kappa shape index (κ3) is 4.45. The summed E-state index contributed by atoms with van der Waals surface area (Å²) in [7, 11) is 0. The first-order chi connectivity index (χ1) is 10.2. The predicted molar refractivity (Wildman–Crippen MR) is 80.5 cm³/mol. The highest BCUT2D eigenvalue weighted by Crippen LogP contribution is 2.19. The standard InChI is InChI=1S/C17H21NO3/c1-2-3-9-15-12-16(19)10-11-18(15)17(20)21-13-14-7-5-4-6-8-14/h4-8,10-11,15H,2-3,9,12-13H2,1H3/t15-/m1/s1. The van der Waals surface area contributed by atoms with Gasteiger partial charge in [0, 0.05) is 18.7 Å². The van der Waals surface area contributed by atoms with Gasteiger partial charge in [-0.15, -0.1) is 0 Å². The van der Waals surface area contributed by atoms with Crippen LogP contribution in [0.3, 0.4) is 0 Å². The van der Waals surface area contributed by atoms with E-state index in [1.807, 2.05) is 30.3 Å². The average Bonchev–Trinajstić information content (AvgIpc) is 2.51. The first-order valence-corrected chi connectivity index (χ1v) is 7.40. The Morgan fingerprint density at radius 3 is 2.81 bits per heavy atom. The highest BCUT2D eigenvalue weighted by atomic mass is 16.6. The molecule has 1 amide bonds. The average molecular weight is 287 g/mol. The van der Waals surface area contributed by atoms with E-state index in [4.69, 9.17) is 4.74 Å². The van der Waals surface area contributed by atoms with E-state index < -0.39 is 0 Å². The SMILES string of the molecule is CCCC[C@@H]1CC(=O)C=CN1C(=O)OCc1ccccc1. The van der Waals surface area contributed by atoms with Crippen molar-refractivity contribution in [1.82, 2.24) is 4.90 Å². The van der Waals surface area contributed by atoms with Crippen LogP contribution in [0.25, 0.3) is 0 Å². The van der Waals surface area contributed by atoms with Crippen LogP contribution in [0.1, 0.15) is 38.2 Å². The largest absolute Gasteiger partial charge is 0.444 e. The normalized spacial score (nSPS) is 17.9. The molecule has 0 N–H and O–H groups in total. The van der Waals surface area contributed by atoms with Gasteiger partial charge in [-0.25, -0.2) is 4.79 Å². The summed E-state index contributed by atoms with van der Waals surface area (Å²) in [5.74, 6) is 0.0724. The molecule has 2 rings (SSSR count). The minimum Gasteiger partial charge on any atom is -0.444 e. The lowest BCUT2D eigenvalue weighted by Gasteiger charge is -2.30. The molecule has 1 atom stereocenters. The minimum absolute atomic E-state index is 0.0724. The Morgan fingerprint density at radius 1 is 1.33 bits per heavy atom. The summed E-state index contributed by atoms with van der Waals surface area (Å²) in [6.45, 7) is 2.34.